The quantitative estimate of drug-likeness (QED) is 0.364. The Bertz CT molecular complexity index is 321. The molecule has 1 nitrogen and oxygen atoms in total. The highest BCUT2D eigenvalue weighted by atomic mass is 19.4. The summed E-state index contributed by atoms with van der Waals surface area (Å²) in [6.45, 7) is 7.95. The summed E-state index contributed by atoms with van der Waals surface area (Å²) in [6, 6.07) is 0. The molecule has 144 valence electrons. The van der Waals surface area contributed by atoms with Gasteiger partial charge in [-0.15, -0.1) is 0 Å². The van der Waals surface area contributed by atoms with Crippen LogP contribution in [0.4, 0.5) is 13.2 Å². The standard InChI is InChI=1S/C20H38F3N/c1-4-6-8-9-11-15-19(3,14-10-7-5-2)24-16-12-18(13-17-24)20(21,22)23/h18H,4-17H2,1-3H3. The third kappa shape index (κ3) is 7.33. The summed E-state index contributed by atoms with van der Waals surface area (Å²) in [5.41, 5.74) is 0.0952. The molecule has 1 atom stereocenters. The maximum Gasteiger partial charge on any atom is 0.391 e. The Hall–Kier alpha value is -0.250. The summed E-state index contributed by atoms with van der Waals surface area (Å²) in [4.78, 5) is 2.38. The maximum absolute atomic E-state index is 12.9. The fourth-order valence-electron chi connectivity index (χ4n) is 4.05. The van der Waals surface area contributed by atoms with Gasteiger partial charge in [0.25, 0.3) is 0 Å². The van der Waals surface area contributed by atoms with Gasteiger partial charge >= 0.3 is 6.18 Å². The van der Waals surface area contributed by atoms with Crippen molar-refractivity contribution in [3.63, 3.8) is 0 Å². The minimum absolute atomic E-state index is 0.0952. The summed E-state index contributed by atoms with van der Waals surface area (Å²) in [6.07, 6.45) is 8.74. The molecule has 24 heavy (non-hydrogen) atoms. The van der Waals surface area contributed by atoms with E-state index in [2.05, 4.69) is 25.7 Å². The van der Waals surface area contributed by atoms with Crippen LogP contribution in [0.5, 0.6) is 0 Å². The fourth-order valence-corrected chi connectivity index (χ4v) is 4.05. The molecule has 1 saturated heterocycles. The lowest BCUT2D eigenvalue weighted by atomic mass is 9.83. The monoisotopic (exact) mass is 349 g/mol. The molecule has 0 spiro atoms. The number of likely N-dealkylation sites (tertiary alicyclic amines) is 1. The van der Waals surface area contributed by atoms with Gasteiger partial charge in [-0.25, -0.2) is 0 Å². The Morgan fingerprint density at radius 2 is 1.25 bits per heavy atom. The maximum atomic E-state index is 12.9. The van der Waals surface area contributed by atoms with Crippen molar-refractivity contribution in [3.05, 3.63) is 0 Å². The van der Waals surface area contributed by atoms with E-state index in [0.717, 1.165) is 12.8 Å². The van der Waals surface area contributed by atoms with Gasteiger partial charge in [0.2, 0.25) is 0 Å². The van der Waals surface area contributed by atoms with E-state index in [1.807, 2.05) is 0 Å². The fraction of sp³-hybridized carbons (Fsp3) is 1.00. The molecule has 0 bridgehead atoms. The zero-order valence-corrected chi connectivity index (χ0v) is 16.1. The van der Waals surface area contributed by atoms with Gasteiger partial charge in [-0.3, -0.25) is 4.90 Å². The minimum Gasteiger partial charge on any atom is -0.298 e. The van der Waals surface area contributed by atoms with Crippen LogP contribution in [-0.4, -0.2) is 29.7 Å². The number of rotatable bonds is 11. The van der Waals surface area contributed by atoms with Crippen LogP contribution in [0.25, 0.3) is 0 Å². The van der Waals surface area contributed by atoms with Crippen LogP contribution in [0.2, 0.25) is 0 Å². The molecule has 0 aromatic heterocycles. The third-order valence-electron chi connectivity index (χ3n) is 5.86. The predicted molar refractivity (Wildman–Crippen MR) is 96.3 cm³/mol. The first-order valence-electron chi connectivity index (χ1n) is 10.1. The van der Waals surface area contributed by atoms with E-state index >= 15 is 0 Å². The second-order valence-corrected chi connectivity index (χ2v) is 7.92. The van der Waals surface area contributed by atoms with Crippen LogP contribution in [0, 0.1) is 5.92 Å². The number of hydrogen-bond donors (Lipinski definition) is 0. The van der Waals surface area contributed by atoms with Crippen LogP contribution >= 0.6 is 0 Å². The Labute approximate surface area is 147 Å². The van der Waals surface area contributed by atoms with Crippen molar-refractivity contribution >= 4 is 0 Å². The average molecular weight is 350 g/mol. The Kier molecular flexibility index (Phi) is 9.69. The lowest BCUT2D eigenvalue weighted by Crippen LogP contribution is -2.51. The molecule has 0 amide bonds. The molecule has 4 heteroatoms. The number of nitrogens with zero attached hydrogens (tertiary/aromatic N) is 1. The summed E-state index contributed by atoms with van der Waals surface area (Å²) >= 11 is 0. The van der Waals surface area contributed by atoms with Gasteiger partial charge in [-0.1, -0.05) is 65.2 Å². The summed E-state index contributed by atoms with van der Waals surface area (Å²) < 4.78 is 38.7. The molecule has 1 fully saturated rings. The minimum atomic E-state index is -4.01. The van der Waals surface area contributed by atoms with Crippen LogP contribution in [0.3, 0.4) is 0 Å². The van der Waals surface area contributed by atoms with E-state index in [1.54, 1.807) is 0 Å². The van der Waals surface area contributed by atoms with E-state index in [9.17, 15) is 13.2 Å². The summed E-state index contributed by atoms with van der Waals surface area (Å²) in [5.74, 6) is -1.09. The normalized spacial score (nSPS) is 20.2. The van der Waals surface area contributed by atoms with Crippen LogP contribution in [0.15, 0.2) is 0 Å². The zero-order chi connectivity index (χ0) is 18.1. The molecule has 0 saturated carbocycles. The van der Waals surface area contributed by atoms with Gasteiger partial charge in [0.1, 0.15) is 0 Å². The van der Waals surface area contributed by atoms with Gasteiger partial charge in [-0.05, 0) is 45.7 Å². The SMILES string of the molecule is CCCCCCCC(C)(CCCCC)N1CCC(C(F)(F)F)CC1. The largest absolute Gasteiger partial charge is 0.391 e. The summed E-state index contributed by atoms with van der Waals surface area (Å²) in [5, 5.41) is 0. The average Bonchev–Trinajstić information content (AvgIpc) is 2.54. The molecule has 1 heterocycles. The van der Waals surface area contributed by atoms with Crippen molar-refractivity contribution < 1.29 is 13.2 Å². The highest BCUT2D eigenvalue weighted by Gasteiger charge is 2.43. The molecule has 0 aromatic carbocycles. The van der Waals surface area contributed by atoms with Gasteiger partial charge in [0.05, 0.1) is 5.92 Å². The number of unbranched alkanes of at least 4 members (excludes halogenated alkanes) is 6. The van der Waals surface area contributed by atoms with E-state index in [-0.39, 0.29) is 18.4 Å². The topological polar surface area (TPSA) is 3.24 Å². The van der Waals surface area contributed by atoms with E-state index in [4.69, 9.17) is 0 Å². The van der Waals surface area contributed by atoms with Crippen molar-refractivity contribution in [1.82, 2.24) is 4.90 Å². The molecule has 0 N–H and O–H groups in total. The smallest absolute Gasteiger partial charge is 0.298 e. The molecular formula is C20H38F3N. The Morgan fingerprint density at radius 3 is 1.75 bits per heavy atom. The third-order valence-corrected chi connectivity index (χ3v) is 5.86. The number of halogens is 3. The summed E-state index contributed by atoms with van der Waals surface area (Å²) in [7, 11) is 0. The first-order valence-corrected chi connectivity index (χ1v) is 10.1. The van der Waals surface area contributed by atoms with Crippen LogP contribution < -0.4 is 0 Å². The van der Waals surface area contributed by atoms with Gasteiger partial charge < -0.3 is 0 Å². The molecule has 1 rings (SSSR count). The van der Waals surface area contributed by atoms with Gasteiger partial charge in [0.15, 0.2) is 0 Å². The van der Waals surface area contributed by atoms with Crippen molar-refractivity contribution in [2.75, 3.05) is 13.1 Å². The molecule has 1 aliphatic rings. The highest BCUT2D eigenvalue weighted by Crippen LogP contribution is 2.38. The zero-order valence-electron chi connectivity index (χ0n) is 16.1. The lowest BCUT2D eigenvalue weighted by Gasteiger charge is -2.46. The van der Waals surface area contributed by atoms with Crippen LogP contribution in [-0.2, 0) is 0 Å². The highest BCUT2D eigenvalue weighted by molar-refractivity contribution is 4.90. The molecule has 0 radical (unpaired) electrons. The predicted octanol–water partition coefficient (Wildman–Crippen LogP) is 6.96. The van der Waals surface area contributed by atoms with Crippen LogP contribution in [0.1, 0.15) is 97.8 Å². The van der Waals surface area contributed by atoms with E-state index in [1.165, 1.54) is 51.4 Å². The first kappa shape index (κ1) is 21.8. The number of alkyl halides is 3. The first-order chi connectivity index (χ1) is 11.3. The molecule has 0 aromatic rings. The molecule has 1 aliphatic heterocycles. The van der Waals surface area contributed by atoms with Crippen molar-refractivity contribution in [2.24, 2.45) is 5.92 Å². The molecular weight excluding hydrogens is 311 g/mol. The van der Waals surface area contributed by atoms with Gasteiger partial charge in [0, 0.05) is 5.54 Å². The second-order valence-electron chi connectivity index (χ2n) is 7.92. The Balaban J connectivity index is 2.54. The number of piperidine rings is 1. The van der Waals surface area contributed by atoms with Crippen molar-refractivity contribution in [3.8, 4) is 0 Å². The number of hydrogen-bond acceptors (Lipinski definition) is 1. The van der Waals surface area contributed by atoms with Crippen molar-refractivity contribution in [2.45, 2.75) is 110 Å². The second kappa shape index (κ2) is 10.7. The van der Waals surface area contributed by atoms with Crippen molar-refractivity contribution in [1.29, 1.82) is 0 Å². The molecule has 1 unspecified atom stereocenters. The molecule has 0 aliphatic carbocycles. The van der Waals surface area contributed by atoms with E-state index in [0.29, 0.717) is 13.1 Å². The lowest BCUT2D eigenvalue weighted by molar-refractivity contribution is -0.188. The van der Waals surface area contributed by atoms with E-state index < -0.39 is 12.1 Å². The Morgan fingerprint density at radius 1 is 0.792 bits per heavy atom. The van der Waals surface area contributed by atoms with Gasteiger partial charge in [-0.2, -0.15) is 13.2 Å².